The van der Waals surface area contributed by atoms with Crippen LogP contribution < -0.4 is 0 Å². The van der Waals surface area contributed by atoms with Crippen LogP contribution in [-0.4, -0.2) is 15.0 Å². The first-order valence-corrected chi connectivity index (χ1v) is 21.3. The van der Waals surface area contributed by atoms with Gasteiger partial charge in [-0.1, -0.05) is 200 Å². The second-order valence-electron chi connectivity index (χ2n) is 15.9. The van der Waals surface area contributed by atoms with Gasteiger partial charge in [-0.15, -0.1) is 0 Å². The Balaban J connectivity index is 1.06. The summed E-state index contributed by atoms with van der Waals surface area (Å²) in [5, 5.41) is 6.54. The van der Waals surface area contributed by atoms with Crippen molar-refractivity contribution in [2.75, 3.05) is 0 Å². The fourth-order valence-corrected chi connectivity index (χ4v) is 9.05. The number of benzene rings is 10. The third-order valence-corrected chi connectivity index (χ3v) is 12.1. The first-order chi connectivity index (χ1) is 31.2. The third kappa shape index (κ3) is 6.53. The molecule has 0 N–H and O–H groups in total. The molecule has 0 bridgehead atoms. The summed E-state index contributed by atoms with van der Waals surface area (Å²) in [7, 11) is 0. The number of furan rings is 1. The molecular formula is C59H37N3O. The SMILES string of the molecule is c1ccc(-c2ccc(-c3nc(-c4cccc5ccc(-c6ccccc6)cc45)nc(-c4cccc5oc6c(-c7cc(-c8ccccc8)c8ccccc8c7)cccc6c45)n3)cc2)cc1. The van der Waals surface area contributed by atoms with Crippen LogP contribution in [0.15, 0.2) is 229 Å². The Morgan fingerprint density at radius 3 is 1.59 bits per heavy atom. The van der Waals surface area contributed by atoms with Gasteiger partial charge in [0.1, 0.15) is 11.2 Å². The molecule has 12 rings (SSSR count). The number of rotatable bonds is 7. The summed E-state index contributed by atoms with van der Waals surface area (Å²) in [6, 6.07) is 78.7. The van der Waals surface area contributed by atoms with Crippen LogP contribution >= 0.6 is 0 Å². The van der Waals surface area contributed by atoms with E-state index in [1.807, 2.05) is 24.3 Å². The Morgan fingerprint density at radius 1 is 0.270 bits per heavy atom. The van der Waals surface area contributed by atoms with E-state index in [4.69, 9.17) is 19.4 Å². The molecule has 63 heavy (non-hydrogen) atoms. The molecule has 0 aliphatic carbocycles. The van der Waals surface area contributed by atoms with Gasteiger partial charge in [-0.05, 0) is 84.8 Å². The lowest BCUT2D eigenvalue weighted by Gasteiger charge is -2.12. The van der Waals surface area contributed by atoms with Gasteiger partial charge in [-0.25, -0.2) is 15.0 Å². The molecule has 12 aromatic rings. The zero-order valence-corrected chi connectivity index (χ0v) is 34.1. The number of para-hydroxylation sites is 1. The van der Waals surface area contributed by atoms with Crippen LogP contribution in [0.25, 0.3) is 122 Å². The summed E-state index contributed by atoms with van der Waals surface area (Å²) >= 11 is 0. The molecule has 0 aliphatic rings. The fourth-order valence-electron chi connectivity index (χ4n) is 9.05. The minimum Gasteiger partial charge on any atom is -0.455 e. The van der Waals surface area contributed by atoms with E-state index in [1.54, 1.807) is 0 Å². The molecule has 2 aromatic heterocycles. The predicted molar refractivity (Wildman–Crippen MR) is 260 cm³/mol. The van der Waals surface area contributed by atoms with Crippen molar-refractivity contribution in [3.63, 3.8) is 0 Å². The topological polar surface area (TPSA) is 51.8 Å². The lowest BCUT2D eigenvalue weighted by atomic mass is 9.92. The number of hydrogen-bond donors (Lipinski definition) is 0. The molecule has 0 unspecified atom stereocenters. The maximum atomic E-state index is 6.88. The Bertz CT molecular complexity index is 3650. The molecule has 0 spiro atoms. The number of nitrogens with zero attached hydrogens (tertiary/aromatic N) is 3. The molecule has 0 saturated carbocycles. The Morgan fingerprint density at radius 2 is 0.810 bits per heavy atom. The van der Waals surface area contributed by atoms with E-state index in [9.17, 15) is 0 Å². The molecule has 0 atom stereocenters. The van der Waals surface area contributed by atoms with Gasteiger partial charge in [-0.3, -0.25) is 0 Å². The average molecular weight is 804 g/mol. The first-order valence-electron chi connectivity index (χ1n) is 21.3. The molecule has 0 saturated heterocycles. The van der Waals surface area contributed by atoms with Gasteiger partial charge < -0.3 is 4.42 Å². The van der Waals surface area contributed by atoms with Gasteiger partial charge in [0.05, 0.1) is 0 Å². The number of hydrogen-bond acceptors (Lipinski definition) is 4. The van der Waals surface area contributed by atoms with Gasteiger partial charge >= 0.3 is 0 Å². The molecule has 10 aromatic carbocycles. The maximum Gasteiger partial charge on any atom is 0.164 e. The fraction of sp³-hybridized carbons (Fsp3) is 0. The van der Waals surface area contributed by atoms with Crippen molar-refractivity contribution in [2.24, 2.45) is 0 Å². The molecule has 294 valence electrons. The molecular weight excluding hydrogens is 767 g/mol. The van der Waals surface area contributed by atoms with E-state index in [0.29, 0.717) is 17.5 Å². The highest BCUT2D eigenvalue weighted by molar-refractivity contribution is 6.15. The summed E-state index contributed by atoms with van der Waals surface area (Å²) in [4.78, 5) is 15.9. The van der Waals surface area contributed by atoms with Crippen molar-refractivity contribution in [3.8, 4) is 78.7 Å². The Kier molecular flexibility index (Phi) is 8.79. The van der Waals surface area contributed by atoms with Crippen LogP contribution in [0.2, 0.25) is 0 Å². The zero-order chi connectivity index (χ0) is 41.7. The smallest absolute Gasteiger partial charge is 0.164 e. The van der Waals surface area contributed by atoms with Gasteiger partial charge in [0.25, 0.3) is 0 Å². The standard InChI is InChI=1S/C59H37N3O/c1-4-15-38(16-5-1)40-29-32-43(33-30-40)57-60-58(49-25-12-22-42-31-34-44(36-53(42)49)39-17-6-2-7-18-39)62-59(61-57)51-27-14-28-54-55(51)50-26-13-24-48(56(50)63-54)46-35-45-21-10-11-23-47(45)52(37-46)41-19-8-3-9-20-41/h1-37H. The maximum absolute atomic E-state index is 6.88. The van der Waals surface area contributed by atoms with Crippen LogP contribution in [0.3, 0.4) is 0 Å². The van der Waals surface area contributed by atoms with Crippen LogP contribution in [0.4, 0.5) is 0 Å². The van der Waals surface area contributed by atoms with Crippen molar-refractivity contribution in [1.29, 1.82) is 0 Å². The molecule has 0 fully saturated rings. The molecule has 0 amide bonds. The molecule has 0 aliphatic heterocycles. The normalized spacial score (nSPS) is 11.5. The van der Waals surface area contributed by atoms with Crippen LogP contribution in [0, 0.1) is 0 Å². The van der Waals surface area contributed by atoms with Gasteiger partial charge in [0.15, 0.2) is 17.5 Å². The minimum atomic E-state index is 0.578. The highest BCUT2D eigenvalue weighted by atomic mass is 16.3. The summed E-state index contributed by atoms with van der Waals surface area (Å²) in [5.41, 5.74) is 13.4. The highest BCUT2D eigenvalue weighted by Gasteiger charge is 2.21. The third-order valence-electron chi connectivity index (χ3n) is 12.1. The van der Waals surface area contributed by atoms with E-state index in [1.165, 1.54) is 21.9 Å². The van der Waals surface area contributed by atoms with Gasteiger partial charge in [-0.2, -0.15) is 0 Å². The van der Waals surface area contributed by atoms with E-state index < -0.39 is 0 Å². The van der Waals surface area contributed by atoms with E-state index in [2.05, 4.69) is 200 Å². The van der Waals surface area contributed by atoms with Crippen molar-refractivity contribution < 1.29 is 4.42 Å². The lowest BCUT2D eigenvalue weighted by Crippen LogP contribution is -2.01. The quantitative estimate of drug-likeness (QED) is 0.161. The second kappa shape index (κ2) is 15.2. The largest absolute Gasteiger partial charge is 0.455 e. The Labute approximate surface area is 364 Å². The summed E-state index contributed by atoms with van der Waals surface area (Å²) in [5.74, 6) is 1.78. The monoisotopic (exact) mass is 803 g/mol. The Hall–Kier alpha value is -8.47. The van der Waals surface area contributed by atoms with Crippen molar-refractivity contribution >= 4 is 43.5 Å². The van der Waals surface area contributed by atoms with Gasteiger partial charge in [0, 0.05) is 33.0 Å². The van der Waals surface area contributed by atoms with Crippen LogP contribution in [0.1, 0.15) is 0 Å². The van der Waals surface area contributed by atoms with Crippen molar-refractivity contribution in [2.45, 2.75) is 0 Å². The highest BCUT2D eigenvalue weighted by Crippen LogP contribution is 2.43. The lowest BCUT2D eigenvalue weighted by molar-refractivity contribution is 0.670. The van der Waals surface area contributed by atoms with Crippen LogP contribution in [-0.2, 0) is 0 Å². The van der Waals surface area contributed by atoms with Crippen LogP contribution in [0.5, 0.6) is 0 Å². The van der Waals surface area contributed by atoms with E-state index in [0.717, 1.165) is 82.8 Å². The van der Waals surface area contributed by atoms with E-state index in [-0.39, 0.29) is 0 Å². The van der Waals surface area contributed by atoms with Gasteiger partial charge in [0.2, 0.25) is 0 Å². The first kappa shape index (κ1) is 36.4. The second-order valence-corrected chi connectivity index (χ2v) is 15.9. The summed E-state index contributed by atoms with van der Waals surface area (Å²) < 4.78 is 6.88. The molecule has 4 heteroatoms. The van der Waals surface area contributed by atoms with E-state index >= 15 is 0 Å². The number of aromatic nitrogens is 3. The number of fused-ring (bicyclic) bond motifs is 5. The molecule has 0 radical (unpaired) electrons. The summed E-state index contributed by atoms with van der Waals surface area (Å²) in [6.07, 6.45) is 0. The zero-order valence-electron chi connectivity index (χ0n) is 34.1. The van der Waals surface area contributed by atoms with Crippen molar-refractivity contribution in [1.82, 2.24) is 15.0 Å². The predicted octanol–water partition coefficient (Wildman–Crippen LogP) is 15.7. The van der Waals surface area contributed by atoms with Crippen molar-refractivity contribution in [3.05, 3.63) is 224 Å². The summed E-state index contributed by atoms with van der Waals surface area (Å²) in [6.45, 7) is 0. The molecule has 4 nitrogen and oxygen atoms in total. The minimum absolute atomic E-state index is 0.578. The average Bonchev–Trinajstić information content (AvgIpc) is 3.76. The molecule has 2 heterocycles.